The Bertz CT molecular complexity index is 330. The molecule has 20 heavy (non-hydrogen) atoms. The van der Waals surface area contributed by atoms with Crippen LogP contribution in [0.4, 0.5) is 0 Å². The molecule has 0 aliphatic carbocycles. The van der Waals surface area contributed by atoms with Crippen LogP contribution < -0.4 is 0 Å². The molecule has 1 atom stereocenters. The van der Waals surface area contributed by atoms with Crippen LogP contribution in [0.2, 0.25) is 0 Å². The highest BCUT2D eigenvalue weighted by molar-refractivity contribution is 5.82. The molecule has 1 amide bonds. The molecule has 2 aliphatic heterocycles. The van der Waals surface area contributed by atoms with E-state index < -0.39 is 0 Å². The molecule has 0 saturated carbocycles. The molecule has 116 valence electrons. The van der Waals surface area contributed by atoms with Gasteiger partial charge < -0.3 is 9.64 Å². The number of hydrogen-bond donors (Lipinski definition) is 0. The van der Waals surface area contributed by atoms with Crippen molar-refractivity contribution < 1.29 is 9.53 Å². The lowest BCUT2D eigenvalue weighted by molar-refractivity contribution is -0.137. The van der Waals surface area contributed by atoms with Crippen LogP contribution in [0.15, 0.2) is 0 Å². The molecule has 0 radical (unpaired) electrons. The molecule has 2 rings (SSSR count). The second-order valence-electron chi connectivity index (χ2n) is 7.33. The fourth-order valence-corrected chi connectivity index (χ4v) is 3.12. The Kier molecular flexibility index (Phi) is 5.08. The Labute approximate surface area is 123 Å². The van der Waals surface area contributed by atoms with Crippen molar-refractivity contribution in [3.63, 3.8) is 0 Å². The van der Waals surface area contributed by atoms with E-state index in [4.69, 9.17) is 4.74 Å². The molecule has 2 fully saturated rings. The van der Waals surface area contributed by atoms with E-state index in [0.717, 1.165) is 51.9 Å². The molecule has 0 bridgehead atoms. The summed E-state index contributed by atoms with van der Waals surface area (Å²) >= 11 is 0. The summed E-state index contributed by atoms with van der Waals surface area (Å²) in [6.07, 6.45) is 4.35. The Morgan fingerprint density at radius 3 is 2.30 bits per heavy atom. The van der Waals surface area contributed by atoms with E-state index in [9.17, 15) is 4.79 Å². The van der Waals surface area contributed by atoms with E-state index in [1.54, 1.807) is 0 Å². The van der Waals surface area contributed by atoms with Crippen LogP contribution >= 0.6 is 0 Å². The minimum atomic E-state index is -0.0560. The lowest BCUT2D eigenvalue weighted by atomic mass is 9.96. The highest BCUT2D eigenvalue weighted by Gasteiger charge is 2.33. The largest absolute Gasteiger partial charge is 0.376 e. The first-order chi connectivity index (χ1) is 9.37. The Balaban J connectivity index is 1.75. The lowest BCUT2D eigenvalue weighted by Crippen LogP contribution is -2.48. The van der Waals surface area contributed by atoms with Crippen molar-refractivity contribution in [1.82, 2.24) is 9.80 Å². The first-order valence-corrected chi connectivity index (χ1v) is 8.00. The van der Waals surface area contributed by atoms with Crippen LogP contribution in [-0.2, 0) is 9.53 Å². The average molecular weight is 282 g/mol. The molecular formula is C16H30N2O2. The minimum Gasteiger partial charge on any atom is -0.376 e. The summed E-state index contributed by atoms with van der Waals surface area (Å²) in [5.41, 5.74) is -0.0560. The Morgan fingerprint density at radius 1 is 1.15 bits per heavy atom. The molecule has 0 unspecified atom stereocenters. The third kappa shape index (κ3) is 4.19. The summed E-state index contributed by atoms with van der Waals surface area (Å²) in [7, 11) is 2.07. The van der Waals surface area contributed by atoms with Gasteiger partial charge in [0.15, 0.2) is 0 Å². The predicted molar refractivity (Wildman–Crippen MR) is 80.7 cm³/mol. The van der Waals surface area contributed by atoms with Gasteiger partial charge in [-0.3, -0.25) is 9.69 Å². The van der Waals surface area contributed by atoms with Crippen molar-refractivity contribution in [3.05, 3.63) is 0 Å². The second kappa shape index (κ2) is 6.44. The summed E-state index contributed by atoms with van der Waals surface area (Å²) < 4.78 is 5.87. The molecule has 0 aromatic heterocycles. The van der Waals surface area contributed by atoms with Gasteiger partial charge in [0.1, 0.15) is 0 Å². The number of likely N-dealkylation sites (tertiary alicyclic amines) is 2. The van der Waals surface area contributed by atoms with E-state index in [-0.39, 0.29) is 11.6 Å². The smallest absolute Gasteiger partial charge is 0.239 e. The molecule has 0 N–H and O–H groups in total. The van der Waals surface area contributed by atoms with Crippen molar-refractivity contribution in [3.8, 4) is 0 Å². The topological polar surface area (TPSA) is 32.8 Å². The van der Waals surface area contributed by atoms with Gasteiger partial charge >= 0.3 is 0 Å². The average Bonchev–Trinajstić information content (AvgIpc) is 2.81. The van der Waals surface area contributed by atoms with E-state index >= 15 is 0 Å². The molecule has 2 aliphatic rings. The lowest BCUT2D eigenvalue weighted by Gasteiger charge is -2.35. The SMILES string of the molecule is CN1CCC[C@@H]1C(=O)N1CCC(COC(C)(C)C)CC1. The number of ether oxygens (including phenoxy) is 1. The fraction of sp³-hybridized carbons (Fsp3) is 0.938. The number of hydrogen-bond acceptors (Lipinski definition) is 3. The van der Waals surface area contributed by atoms with Crippen LogP contribution in [0.1, 0.15) is 46.5 Å². The number of likely N-dealkylation sites (N-methyl/N-ethyl adjacent to an activating group) is 1. The zero-order valence-corrected chi connectivity index (χ0v) is 13.5. The number of carbonyl (C=O) groups is 1. The standard InChI is InChI=1S/C16H30N2O2/c1-16(2,3)20-12-13-7-10-18(11-8-13)15(19)14-6-5-9-17(14)4/h13-14H,5-12H2,1-4H3/t14-/m1/s1. The molecule has 0 aromatic rings. The summed E-state index contributed by atoms with van der Waals surface area (Å²) in [5.74, 6) is 0.958. The highest BCUT2D eigenvalue weighted by Crippen LogP contribution is 2.23. The normalized spacial score (nSPS) is 26.2. The zero-order valence-electron chi connectivity index (χ0n) is 13.5. The maximum Gasteiger partial charge on any atom is 0.239 e. The third-order valence-corrected chi connectivity index (χ3v) is 4.48. The maximum atomic E-state index is 12.5. The Hall–Kier alpha value is -0.610. The van der Waals surface area contributed by atoms with Gasteiger partial charge in [-0.2, -0.15) is 0 Å². The summed E-state index contributed by atoms with van der Waals surface area (Å²) in [5, 5.41) is 0. The van der Waals surface area contributed by atoms with Crippen molar-refractivity contribution in [2.75, 3.05) is 33.3 Å². The van der Waals surface area contributed by atoms with Crippen LogP contribution in [0.25, 0.3) is 0 Å². The highest BCUT2D eigenvalue weighted by atomic mass is 16.5. The minimum absolute atomic E-state index is 0.0560. The maximum absolute atomic E-state index is 12.5. The van der Waals surface area contributed by atoms with Gasteiger partial charge in [0.05, 0.1) is 18.2 Å². The summed E-state index contributed by atoms with van der Waals surface area (Å²) in [4.78, 5) is 16.8. The summed E-state index contributed by atoms with van der Waals surface area (Å²) in [6, 6.07) is 0.136. The van der Waals surface area contributed by atoms with Gasteiger partial charge in [-0.1, -0.05) is 0 Å². The van der Waals surface area contributed by atoms with Gasteiger partial charge in [0, 0.05) is 13.1 Å². The first kappa shape index (κ1) is 15.8. The number of carbonyl (C=O) groups excluding carboxylic acids is 1. The molecule has 0 spiro atoms. The second-order valence-corrected chi connectivity index (χ2v) is 7.33. The van der Waals surface area contributed by atoms with Gasteiger partial charge in [0.25, 0.3) is 0 Å². The summed E-state index contributed by atoms with van der Waals surface area (Å²) in [6.45, 7) is 9.99. The third-order valence-electron chi connectivity index (χ3n) is 4.48. The van der Waals surface area contributed by atoms with Crippen LogP contribution in [0, 0.1) is 5.92 Å². The van der Waals surface area contributed by atoms with Crippen molar-refractivity contribution in [1.29, 1.82) is 0 Å². The van der Waals surface area contributed by atoms with E-state index in [1.807, 2.05) is 0 Å². The zero-order chi connectivity index (χ0) is 14.8. The van der Waals surface area contributed by atoms with E-state index in [0.29, 0.717) is 11.8 Å². The fourth-order valence-electron chi connectivity index (χ4n) is 3.12. The molecule has 4 nitrogen and oxygen atoms in total. The Morgan fingerprint density at radius 2 is 1.80 bits per heavy atom. The van der Waals surface area contributed by atoms with Crippen molar-refractivity contribution in [2.24, 2.45) is 5.92 Å². The van der Waals surface area contributed by atoms with E-state index in [1.165, 1.54) is 0 Å². The molecule has 2 heterocycles. The molecule has 2 saturated heterocycles. The molecule has 0 aromatic carbocycles. The number of nitrogens with zero attached hydrogens (tertiary/aromatic N) is 2. The van der Waals surface area contributed by atoms with Crippen LogP contribution in [0.3, 0.4) is 0 Å². The number of amides is 1. The quantitative estimate of drug-likeness (QED) is 0.795. The van der Waals surface area contributed by atoms with Gasteiger partial charge in [-0.25, -0.2) is 0 Å². The predicted octanol–water partition coefficient (Wildman–Crippen LogP) is 2.13. The first-order valence-electron chi connectivity index (χ1n) is 8.00. The monoisotopic (exact) mass is 282 g/mol. The van der Waals surface area contributed by atoms with E-state index in [2.05, 4.69) is 37.6 Å². The van der Waals surface area contributed by atoms with Gasteiger partial charge in [-0.15, -0.1) is 0 Å². The molecule has 4 heteroatoms. The van der Waals surface area contributed by atoms with Crippen molar-refractivity contribution >= 4 is 5.91 Å². The number of piperidine rings is 1. The van der Waals surface area contributed by atoms with Crippen molar-refractivity contribution in [2.45, 2.75) is 58.1 Å². The number of rotatable bonds is 3. The molecular weight excluding hydrogens is 252 g/mol. The van der Waals surface area contributed by atoms with Crippen LogP contribution in [0.5, 0.6) is 0 Å². The van der Waals surface area contributed by atoms with Gasteiger partial charge in [0.2, 0.25) is 5.91 Å². The van der Waals surface area contributed by atoms with Gasteiger partial charge in [-0.05, 0) is 66.0 Å². The van der Waals surface area contributed by atoms with Crippen LogP contribution in [-0.4, -0.2) is 60.6 Å².